The van der Waals surface area contributed by atoms with Crippen LogP contribution in [0.15, 0.2) is 35.3 Å². The third-order valence-electron chi connectivity index (χ3n) is 5.44. The lowest BCUT2D eigenvalue weighted by atomic mass is 9.96. The molecule has 0 radical (unpaired) electrons. The molecule has 31 heavy (non-hydrogen) atoms. The van der Waals surface area contributed by atoms with Crippen LogP contribution in [-0.2, 0) is 23.7 Å². The van der Waals surface area contributed by atoms with Crippen molar-refractivity contribution < 1.29 is 54.4 Å². The van der Waals surface area contributed by atoms with E-state index in [9.17, 15) is 35.4 Å². The second kappa shape index (κ2) is 8.76. The number of aliphatic hydroxyl groups excluding tert-OH is 5. The van der Waals surface area contributed by atoms with Gasteiger partial charge >= 0.3 is 5.97 Å². The number of rotatable bonds is 5. The molecule has 0 unspecified atom stereocenters. The topological polar surface area (TPSA) is 188 Å². The van der Waals surface area contributed by atoms with Crippen LogP contribution in [0.4, 0.5) is 0 Å². The summed E-state index contributed by atoms with van der Waals surface area (Å²) < 4.78 is 22.1. The van der Waals surface area contributed by atoms with Crippen molar-refractivity contribution in [3.63, 3.8) is 0 Å². The lowest BCUT2D eigenvalue weighted by molar-refractivity contribution is -0.331. The largest absolute Gasteiger partial charge is 0.479 e. The van der Waals surface area contributed by atoms with Gasteiger partial charge in [0, 0.05) is 5.56 Å². The molecule has 3 heterocycles. The van der Waals surface area contributed by atoms with Crippen LogP contribution in [0, 0.1) is 0 Å². The zero-order chi connectivity index (χ0) is 22.3. The summed E-state index contributed by atoms with van der Waals surface area (Å²) in [5.41, 5.74) is 0.632. The molecule has 0 aliphatic carbocycles. The van der Waals surface area contributed by atoms with E-state index in [1.165, 1.54) is 0 Å². The summed E-state index contributed by atoms with van der Waals surface area (Å²) in [6, 6.07) is 7.89. The Kier molecular flexibility index (Phi) is 6.23. The van der Waals surface area contributed by atoms with E-state index in [1.807, 2.05) is 0 Å². The molecule has 3 aliphatic heterocycles. The first-order valence-corrected chi connectivity index (χ1v) is 9.64. The van der Waals surface area contributed by atoms with Crippen molar-refractivity contribution in [3.8, 4) is 0 Å². The number of fused-ring (bicyclic) bond motifs is 1. The minimum Gasteiger partial charge on any atom is -0.479 e. The predicted octanol–water partition coefficient (Wildman–Crippen LogP) is -2.81. The molecule has 2 fully saturated rings. The zero-order valence-corrected chi connectivity index (χ0v) is 16.0. The first kappa shape index (κ1) is 22.0. The van der Waals surface area contributed by atoms with Crippen LogP contribution >= 0.6 is 0 Å². The SMILES string of the molecule is O=C(O)[C@H]1O[C@@H](O[C@H]2[C@@H](O)[C@@H](CO)O[C@H]3OC(c4ccccc4)=N[C@H]32)[C@H](O)[C@@H](O)[C@@H]1O. The highest BCUT2D eigenvalue weighted by atomic mass is 16.7. The van der Waals surface area contributed by atoms with E-state index in [1.54, 1.807) is 30.3 Å². The number of aliphatic hydroxyl groups is 5. The Balaban J connectivity index is 1.60. The van der Waals surface area contributed by atoms with Crippen LogP contribution in [0.1, 0.15) is 5.56 Å². The van der Waals surface area contributed by atoms with Gasteiger partial charge in [0.2, 0.25) is 12.2 Å². The molecular formula is C19H23NO11. The molecular weight excluding hydrogens is 418 g/mol. The molecule has 12 heteroatoms. The summed E-state index contributed by atoms with van der Waals surface area (Å²) in [5, 5.41) is 59.5. The van der Waals surface area contributed by atoms with E-state index in [0.29, 0.717) is 5.56 Å². The number of ether oxygens (including phenoxy) is 4. The highest BCUT2D eigenvalue weighted by Gasteiger charge is 2.54. The van der Waals surface area contributed by atoms with Gasteiger partial charge in [-0.1, -0.05) is 18.2 Å². The van der Waals surface area contributed by atoms with E-state index in [4.69, 9.17) is 18.9 Å². The Hall–Kier alpha value is -2.16. The minimum absolute atomic E-state index is 0.207. The van der Waals surface area contributed by atoms with Crippen LogP contribution in [0.25, 0.3) is 0 Å². The van der Waals surface area contributed by atoms with Gasteiger partial charge in [-0.15, -0.1) is 0 Å². The lowest BCUT2D eigenvalue weighted by Gasteiger charge is -2.44. The molecule has 0 bridgehead atoms. The Bertz CT molecular complexity index is 820. The van der Waals surface area contributed by atoms with Gasteiger partial charge in [0.1, 0.15) is 42.7 Å². The molecule has 6 N–H and O–H groups in total. The Morgan fingerprint density at radius 2 is 1.71 bits per heavy atom. The van der Waals surface area contributed by atoms with Crippen LogP contribution in [0.2, 0.25) is 0 Å². The number of nitrogens with zero attached hydrogens (tertiary/aromatic N) is 1. The van der Waals surface area contributed by atoms with E-state index in [0.717, 1.165) is 0 Å². The van der Waals surface area contributed by atoms with Gasteiger partial charge in [-0.05, 0) is 12.1 Å². The summed E-state index contributed by atoms with van der Waals surface area (Å²) in [7, 11) is 0. The normalized spacial score (nSPS) is 42.4. The fourth-order valence-corrected chi connectivity index (χ4v) is 3.76. The number of aliphatic imine (C=N–C) groups is 1. The minimum atomic E-state index is -1.89. The number of carbonyl (C=O) groups is 1. The van der Waals surface area contributed by atoms with Crippen molar-refractivity contribution >= 4 is 11.9 Å². The number of benzene rings is 1. The van der Waals surface area contributed by atoms with Crippen LogP contribution in [0.3, 0.4) is 0 Å². The Morgan fingerprint density at radius 3 is 2.35 bits per heavy atom. The van der Waals surface area contributed by atoms with Crippen molar-refractivity contribution in [2.45, 2.75) is 61.3 Å². The predicted molar refractivity (Wildman–Crippen MR) is 98.8 cm³/mol. The summed E-state index contributed by atoms with van der Waals surface area (Å²) in [6.45, 7) is -0.582. The molecule has 0 saturated carbocycles. The Morgan fingerprint density at radius 1 is 1.00 bits per heavy atom. The first-order chi connectivity index (χ1) is 14.8. The molecule has 10 atom stereocenters. The second-order valence-electron chi connectivity index (χ2n) is 7.46. The third kappa shape index (κ3) is 4.04. The number of hydrogen-bond donors (Lipinski definition) is 6. The van der Waals surface area contributed by atoms with Crippen molar-refractivity contribution in [2.24, 2.45) is 4.99 Å². The number of carboxylic acids is 1. The van der Waals surface area contributed by atoms with Gasteiger partial charge in [0.05, 0.1) is 6.61 Å². The highest BCUT2D eigenvalue weighted by Crippen LogP contribution is 2.34. The number of hydrogen-bond acceptors (Lipinski definition) is 11. The van der Waals surface area contributed by atoms with Gasteiger partial charge in [-0.2, -0.15) is 0 Å². The maximum atomic E-state index is 11.3. The van der Waals surface area contributed by atoms with Gasteiger partial charge in [0.25, 0.3) is 0 Å². The molecule has 0 aromatic heterocycles. The van der Waals surface area contributed by atoms with E-state index in [-0.39, 0.29) is 5.90 Å². The lowest BCUT2D eigenvalue weighted by Crippen LogP contribution is -2.64. The Labute approximate surface area is 175 Å². The van der Waals surface area contributed by atoms with Crippen molar-refractivity contribution in [1.29, 1.82) is 0 Å². The smallest absolute Gasteiger partial charge is 0.335 e. The molecule has 2 saturated heterocycles. The number of carboxylic acid groups (broad SMARTS) is 1. The summed E-state index contributed by atoms with van der Waals surface area (Å²) in [6.07, 6.45) is -14.0. The van der Waals surface area contributed by atoms with Crippen molar-refractivity contribution in [2.75, 3.05) is 6.61 Å². The molecule has 170 valence electrons. The fraction of sp³-hybridized carbons (Fsp3) is 0.579. The summed E-state index contributed by atoms with van der Waals surface area (Å²) >= 11 is 0. The van der Waals surface area contributed by atoms with Gasteiger partial charge < -0.3 is 49.6 Å². The standard InChI is InChI=1S/C19H23NO11/c21-6-8-10(22)14(29-19-13(25)11(23)12(24)15(30-19)17(26)27)9-18(28-8)31-16(20-9)7-4-2-1-3-5-7/h1-5,8-15,18-19,21-25H,6H2,(H,26,27)/t8-,9+,10+,11+,12+,13-,14-,15+,18+,19-/m1/s1. The summed E-state index contributed by atoms with van der Waals surface area (Å²) in [5.74, 6) is -1.36. The second-order valence-corrected chi connectivity index (χ2v) is 7.46. The quantitative estimate of drug-likeness (QED) is 0.277. The first-order valence-electron chi connectivity index (χ1n) is 9.64. The molecule has 4 rings (SSSR count). The van der Waals surface area contributed by atoms with Crippen LogP contribution in [0.5, 0.6) is 0 Å². The zero-order valence-electron chi connectivity index (χ0n) is 16.0. The van der Waals surface area contributed by atoms with Crippen molar-refractivity contribution in [1.82, 2.24) is 0 Å². The molecule has 0 amide bonds. The van der Waals surface area contributed by atoms with Crippen molar-refractivity contribution in [3.05, 3.63) is 35.9 Å². The average molecular weight is 441 g/mol. The fourth-order valence-electron chi connectivity index (χ4n) is 3.76. The maximum absolute atomic E-state index is 11.3. The monoisotopic (exact) mass is 441 g/mol. The van der Waals surface area contributed by atoms with E-state index < -0.39 is 73.9 Å². The molecule has 12 nitrogen and oxygen atoms in total. The molecule has 1 aromatic rings. The van der Waals surface area contributed by atoms with Gasteiger partial charge in [0.15, 0.2) is 12.4 Å². The third-order valence-corrected chi connectivity index (χ3v) is 5.44. The average Bonchev–Trinajstić information content (AvgIpc) is 3.19. The maximum Gasteiger partial charge on any atom is 0.335 e. The molecule has 1 aromatic carbocycles. The summed E-state index contributed by atoms with van der Waals surface area (Å²) in [4.78, 5) is 15.7. The highest BCUT2D eigenvalue weighted by molar-refractivity contribution is 5.95. The van der Waals surface area contributed by atoms with E-state index in [2.05, 4.69) is 4.99 Å². The molecule has 0 spiro atoms. The van der Waals surface area contributed by atoms with Crippen LogP contribution in [-0.4, -0.2) is 110 Å². The molecule has 3 aliphatic rings. The van der Waals surface area contributed by atoms with E-state index >= 15 is 0 Å². The van der Waals surface area contributed by atoms with Crippen LogP contribution < -0.4 is 0 Å². The van der Waals surface area contributed by atoms with Gasteiger partial charge in [-0.3, -0.25) is 0 Å². The number of aliphatic carboxylic acids is 1. The van der Waals surface area contributed by atoms with Gasteiger partial charge in [-0.25, -0.2) is 9.79 Å².